The van der Waals surface area contributed by atoms with Gasteiger partial charge in [-0.25, -0.2) is 0 Å². The maximum Gasteiger partial charge on any atom is 0.325 e. The molecule has 0 radical (unpaired) electrons. The zero-order chi connectivity index (χ0) is 17.1. The number of nitrogens with zero attached hydrogens (tertiary/aromatic N) is 2. The lowest BCUT2D eigenvalue weighted by Gasteiger charge is -2.24. The number of carboxylic acid groups (broad SMARTS) is 1. The number of likely N-dealkylation sites (N-methyl/N-ethyl adjacent to an activating group) is 1. The number of ether oxygens (including phenoxy) is 1. The third-order valence-corrected chi connectivity index (χ3v) is 3.96. The number of aromatic nitrogens is 1. The zero-order valence-electron chi connectivity index (χ0n) is 13.5. The van der Waals surface area contributed by atoms with Crippen molar-refractivity contribution in [2.75, 3.05) is 14.2 Å². The van der Waals surface area contributed by atoms with Crippen molar-refractivity contribution < 1.29 is 19.2 Å². The van der Waals surface area contributed by atoms with Crippen LogP contribution in [0.25, 0.3) is 10.8 Å². The van der Waals surface area contributed by atoms with E-state index in [1.54, 1.807) is 25.1 Å². The van der Waals surface area contributed by atoms with Crippen molar-refractivity contribution in [3.63, 3.8) is 0 Å². The number of aliphatic carboxylic acids is 1. The highest BCUT2D eigenvalue weighted by Gasteiger charge is 2.25. The Kier molecular flexibility index (Phi) is 4.48. The largest absolute Gasteiger partial charge is 0.497 e. The van der Waals surface area contributed by atoms with Crippen LogP contribution in [0.3, 0.4) is 0 Å². The standard InChI is InChI=1S/C18H18N2O4/c1-20(11-15-7-8-24-19-15)17(18(21)22)14-4-3-13-10-16(23-2)6-5-12(13)9-14/h3-10,17H,11H2,1-2H3,(H,21,22)/t17-/m1/s1. The van der Waals surface area contributed by atoms with Crippen LogP contribution in [-0.2, 0) is 11.3 Å². The van der Waals surface area contributed by atoms with Gasteiger partial charge in [0.25, 0.3) is 0 Å². The number of methoxy groups -OCH3 is 1. The van der Waals surface area contributed by atoms with E-state index >= 15 is 0 Å². The molecule has 0 fully saturated rings. The zero-order valence-corrected chi connectivity index (χ0v) is 13.5. The summed E-state index contributed by atoms with van der Waals surface area (Å²) in [7, 11) is 3.38. The molecule has 0 amide bonds. The Hall–Kier alpha value is -2.86. The fourth-order valence-electron chi connectivity index (χ4n) is 2.79. The molecule has 0 aliphatic carbocycles. The topological polar surface area (TPSA) is 75.8 Å². The third kappa shape index (κ3) is 3.23. The van der Waals surface area contributed by atoms with Crippen LogP contribution in [-0.4, -0.2) is 35.3 Å². The van der Waals surface area contributed by atoms with Crippen LogP contribution in [0.5, 0.6) is 5.75 Å². The van der Waals surface area contributed by atoms with Crippen molar-refractivity contribution in [3.8, 4) is 5.75 Å². The van der Waals surface area contributed by atoms with Gasteiger partial charge in [0.1, 0.15) is 18.1 Å². The molecule has 0 aliphatic heterocycles. The van der Waals surface area contributed by atoms with Crippen LogP contribution in [0.1, 0.15) is 17.3 Å². The van der Waals surface area contributed by atoms with Crippen LogP contribution >= 0.6 is 0 Å². The number of carbonyl (C=O) groups is 1. The van der Waals surface area contributed by atoms with E-state index in [1.807, 2.05) is 36.4 Å². The number of carboxylic acids is 1. The minimum Gasteiger partial charge on any atom is -0.497 e. The van der Waals surface area contributed by atoms with E-state index in [9.17, 15) is 9.90 Å². The molecule has 6 nitrogen and oxygen atoms in total. The molecule has 0 spiro atoms. The maximum atomic E-state index is 11.8. The van der Waals surface area contributed by atoms with Crippen molar-refractivity contribution in [3.05, 3.63) is 60.0 Å². The smallest absolute Gasteiger partial charge is 0.325 e. The lowest BCUT2D eigenvalue weighted by atomic mass is 10.0. The molecular weight excluding hydrogens is 308 g/mol. The molecule has 1 heterocycles. The van der Waals surface area contributed by atoms with Crippen molar-refractivity contribution in [2.45, 2.75) is 12.6 Å². The number of hydrogen-bond donors (Lipinski definition) is 1. The van der Waals surface area contributed by atoms with Crippen LogP contribution < -0.4 is 4.74 Å². The molecule has 0 saturated carbocycles. The minimum absolute atomic E-state index is 0.383. The van der Waals surface area contributed by atoms with Gasteiger partial charge in [0.05, 0.1) is 12.8 Å². The lowest BCUT2D eigenvalue weighted by molar-refractivity contribution is -0.143. The normalized spacial score (nSPS) is 12.5. The summed E-state index contributed by atoms with van der Waals surface area (Å²) in [5, 5.41) is 15.5. The second-order valence-electron chi connectivity index (χ2n) is 5.62. The Morgan fingerprint density at radius 3 is 2.67 bits per heavy atom. The van der Waals surface area contributed by atoms with Gasteiger partial charge in [0, 0.05) is 12.6 Å². The summed E-state index contributed by atoms with van der Waals surface area (Å²) in [5.41, 5.74) is 1.40. The van der Waals surface area contributed by atoms with E-state index in [1.165, 1.54) is 6.26 Å². The Balaban J connectivity index is 1.93. The van der Waals surface area contributed by atoms with Crippen LogP contribution in [0.2, 0.25) is 0 Å². The monoisotopic (exact) mass is 326 g/mol. The molecule has 1 N–H and O–H groups in total. The van der Waals surface area contributed by atoms with Gasteiger partial charge in [-0.3, -0.25) is 9.69 Å². The Morgan fingerprint density at radius 1 is 1.25 bits per heavy atom. The van der Waals surface area contributed by atoms with Gasteiger partial charge in [-0.05, 0) is 41.6 Å². The summed E-state index contributed by atoms with van der Waals surface area (Å²) in [4.78, 5) is 13.5. The Morgan fingerprint density at radius 2 is 2.00 bits per heavy atom. The molecule has 3 aromatic rings. The van der Waals surface area contributed by atoms with Crippen LogP contribution in [0.4, 0.5) is 0 Å². The summed E-state index contributed by atoms with van der Waals surface area (Å²) in [5.74, 6) is -0.137. The fourth-order valence-corrected chi connectivity index (χ4v) is 2.79. The first kappa shape index (κ1) is 16.0. The highest BCUT2D eigenvalue weighted by Crippen LogP contribution is 2.27. The highest BCUT2D eigenvalue weighted by molar-refractivity contribution is 5.86. The first-order valence-electron chi connectivity index (χ1n) is 7.48. The SMILES string of the molecule is COc1ccc2cc([C@H](C(=O)O)N(C)Cc3ccon3)ccc2c1. The van der Waals surface area contributed by atoms with Gasteiger partial charge in [0.15, 0.2) is 0 Å². The van der Waals surface area contributed by atoms with E-state index in [2.05, 4.69) is 5.16 Å². The van der Waals surface area contributed by atoms with Crippen LogP contribution in [0.15, 0.2) is 53.3 Å². The third-order valence-electron chi connectivity index (χ3n) is 3.96. The molecule has 2 aromatic carbocycles. The van der Waals surface area contributed by atoms with E-state index < -0.39 is 12.0 Å². The molecule has 6 heteroatoms. The number of rotatable bonds is 6. The minimum atomic E-state index is -0.908. The van der Waals surface area contributed by atoms with Gasteiger partial charge in [-0.15, -0.1) is 0 Å². The van der Waals surface area contributed by atoms with Crippen molar-refractivity contribution in [2.24, 2.45) is 0 Å². The Bertz CT molecular complexity index is 845. The predicted octanol–water partition coefficient (Wildman–Crippen LogP) is 3.09. The van der Waals surface area contributed by atoms with Gasteiger partial charge in [0.2, 0.25) is 0 Å². The van der Waals surface area contributed by atoms with Gasteiger partial charge >= 0.3 is 5.97 Å². The molecule has 0 saturated heterocycles. The van der Waals surface area contributed by atoms with Gasteiger partial charge < -0.3 is 14.4 Å². The maximum absolute atomic E-state index is 11.8. The second kappa shape index (κ2) is 6.72. The molecule has 0 unspecified atom stereocenters. The lowest BCUT2D eigenvalue weighted by Crippen LogP contribution is -2.30. The van der Waals surface area contributed by atoms with E-state index in [4.69, 9.17) is 9.26 Å². The summed E-state index contributed by atoms with van der Waals surface area (Å²) in [6, 6.07) is 12.3. The van der Waals surface area contributed by atoms with Crippen molar-refractivity contribution >= 4 is 16.7 Å². The average molecular weight is 326 g/mol. The first-order chi connectivity index (χ1) is 11.6. The summed E-state index contributed by atoms with van der Waals surface area (Å²) >= 11 is 0. The molecule has 124 valence electrons. The first-order valence-corrected chi connectivity index (χ1v) is 7.48. The highest BCUT2D eigenvalue weighted by atomic mass is 16.5. The van der Waals surface area contributed by atoms with E-state index in [0.29, 0.717) is 17.8 Å². The predicted molar refractivity (Wildman–Crippen MR) is 88.8 cm³/mol. The average Bonchev–Trinajstić information content (AvgIpc) is 3.07. The van der Waals surface area contributed by atoms with Crippen LogP contribution in [0, 0.1) is 0 Å². The molecule has 3 rings (SSSR count). The fraction of sp³-hybridized carbons (Fsp3) is 0.222. The van der Waals surface area contributed by atoms with E-state index in [-0.39, 0.29) is 0 Å². The molecule has 24 heavy (non-hydrogen) atoms. The Labute approximate surface area is 139 Å². The molecule has 1 aromatic heterocycles. The van der Waals surface area contributed by atoms with Gasteiger partial charge in [-0.1, -0.05) is 23.4 Å². The van der Waals surface area contributed by atoms with Gasteiger partial charge in [-0.2, -0.15) is 0 Å². The number of fused-ring (bicyclic) bond motifs is 1. The summed E-state index contributed by atoms with van der Waals surface area (Å²) < 4.78 is 10.0. The molecular formula is C18H18N2O4. The molecule has 1 atom stereocenters. The molecule has 0 bridgehead atoms. The summed E-state index contributed by atoms with van der Waals surface area (Å²) in [6.45, 7) is 0.383. The second-order valence-corrected chi connectivity index (χ2v) is 5.62. The van der Waals surface area contributed by atoms with Crippen molar-refractivity contribution in [1.82, 2.24) is 10.1 Å². The number of benzene rings is 2. The van der Waals surface area contributed by atoms with Crippen molar-refractivity contribution in [1.29, 1.82) is 0 Å². The molecule has 0 aliphatic rings. The number of hydrogen-bond acceptors (Lipinski definition) is 5. The van der Waals surface area contributed by atoms with E-state index in [0.717, 1.165) is 16.5 Å². The quantitative estimate of drug-likeness (QED) is 0.750. The summed E-state index contributed by atoms with van der Waals surface area (Å²) in [6.07, 6.45) is 1.47.